The number of H-pyrrole nitrogens is 2. The Balaban J connectivity index is 1.04. The molecule has 34 nitrogen and oxygen atoms in total. The zero-order chi connectivity index (χ0) is 88.8. The maximum absolute atomic E-state index is 15.7. The highest BCUT2D eigenvalue weighted by atomic mass is 32.2. The molecule has 1 saturated carbocycles. The summed E-state index contributed by atoms with van der Waals surface area (Å²) in [5.41, 5.74) is 13.6. The summed E-state index contributed by atoms with van der Waals surface area (Å²) in [6, 6.07) is 4.91. The van der Waals surface area contributed by atoms with Gasteiger partial charge in [-0.25, -0.2) is 0 Å². The zero-order valence-corrected chi connectivity index (χ0v) is 72.5. The lowest BCUT2D eigenvalue weighted by atomic mass is 9.99. The first-order valence-electron chi connectivity index (χ1n) is 42.7. The highest BCUT2D eigenvalue weighted by Crippen LogP contribution is 2.37. The lowest BCUT2D eigenvalue weighted by Gasteiger charge is -2.36. The minimum Gasteiger partial charge on any atom is -0.508 e. The number of carbonyl (C=O) groups excluding carboxylic acids is 15. The van der Waals surface area contributed by atoms with Crippen molar-refractivity contribution in [2.45, 2.75) is 249 Å². The van der Waals surface area contributed by atoms with Gasteiger partial charge in [-0.2, -0.15) is 11.8 Å². The number of nitrogens with two attached hydrogens (primary N) is 2. The van der Waals surface area contributed by atoms with E-state index in [0.717, 1.165) is 38.5 Å². The number of rotatable bonds is 20. The smallest absolute Gasteiger partial charge is 0.246 e. The quantitative estimate of drug-likeness (QED) is 0.0532. The molecular weight excluding hydrogens is 1590 g/mol. The summed E-state index contributed by atoms with van der Waals surface area (Å²) in [6.07, 6.45) is 6.10. The Hall–Kier alpha value is -11.1. The van der Waals surface area contributed by atoms with Crippen LogP contribution in [0.4, 0.5) is 0 Å². The van der Waals surface area contributed by atoms with Gasteiger partial charge in [-0.15, -0.1) is 0 Å². The van der Waals surface area contributed by atoms with E-state index in [1.807, 2.05) is 90.1 Å². The highest BCUT2D eigenvalue weighted by Gasteiger charge is 2.54. The van der Waals surface area contributed by atoms with Crippen LogP contribution in [0.1, 0.15) is 168 Å². The van der Waals surface area contributed by atoms with E-state index in [2.05, 4.69) is 57.8 Å². The SMILES string of the molecule is CCCC[C@H]1C(=O)N(C)[C@@H](CCCC)C(=O)N[C@@H](CC(C)C)C(=O)NCCSCC(=O)N[C@@H](Cc2ccc(O)cc2)C(=O)N(C)[C@@H](C)C(=O)N[C@@H](CC(N)=O)C(=O)N2CCC[C@H]2C(=O)NC2(CC2)C(=O)N[C@@H](CC(C)C)C(=O)N2CCC[C@H]2C(=O)N[C@@H](Cc2c[nH]c3ccccc23)C(=O)N[C@@H](CCN)C(=O)N[C@@H](Cc2c[nH]c3ccccc23)C(=O)N1C. The molecule has 0 unspecified atom stereocenters. The number of nitrogens with zero attached hydrogens (tertiary/aromatic N) is 5. The van der Waals surface area contributed by atoms with Gasteiger partial charge in [0.05, 0.1) is 12.2 Å². The molecule has 4 aliphatic rings. The van der Waals surface area contributed by atoms with Crippen molar-refractivity contribution in [2.75, 3.05) is 58.8 Å². The molecule has 0 bridgehead atoms. The number of thioether (sulfide) groups is 1. The summed E-state index contributed by atoms with van der Waals surface area (Å²) in [5, 5.41) is 37.2. The molecule has 3 aromatic carbocycles. The summed E-state index contributed by atoms with van der Waals surface area (Å²) < 4.78 is 0. The Kier molecular flexibility index (Phi) is 34.3. The molecule has 12 atom stereocenters. The van der Waals surface area contributed by atoms with Gasteiger partial charge in [0.2, 0.25) is 88.6 Å². The van der Waals surface area contributed by atoms with E-state index in [0.29, 0.717) is 55.2 Å². The summed E-state index contributed by atoms with van der Waals surface area (Å²) in [6.45, 7) is 12.6. The second-order valence-electron chi connectivity index (χ2n) is 33.6. The summed E-state index contributed by atoms with van der Waals surface area (Å²) >= 11 is 1.12. The number of hydrogen-bond donors (Lipinski definition) is 14. The summed E-state index contributed by atoms with van der Waals surface area (Å²) in [5.74, 6) is -11.4. The first-order chi connectivity index (χ1) is 58.2. The topological polar surface area (TPSA) is 484 Å². The number of nitrogens with one attached hydrogen (secondary N) is 11. The number of primary amides is 1. The number of amides is 15. The molecule has 9 rings (SSSR count). The number of aromatic nitrogens is 2. The van der Waals surface area contributed by atoms with Crippen molar-refractivity contribution in [1.82, 2.24) is 82.3 Å². The second-order valence-corrected chi connectivity index (χ2v) is 34.7. The molecule has 35 heteroatoms. The van der Waals surface area contributed by atoms with Gasteiger partial charge in [-0.1, -0.05) is 116 Å². The maximum Gasteiger partial charge on any atom is 0.246 e. The van der Waals surface area contributed by atoms with E-state index in [9.17, 15) is 48.3 Å². The Labute approximate surface area is 716 Å². The molecule has 16 N–H and O–H groups in total. The van der Waals surface area contributed by atoms with Crippen LogP contribution in [-0.4, -0.2) is 265 Å². The van der Waals surface area contributed by atoms with Crippen LogP contribution >= 0.6 is 11.8 Å². The molecule has 5 aromatic rings. The molecule has 664 valence electrons. The number of aromatic amines is 2. The molecule has 3 saturated heterocycles. The number of para-hydroxylation sites is 2. The predicted octanol–water partition coefficient (Wildman–Crippen LogP) is 2.47. The number of carbonyl (C=O) groups is 15. The number of benzene rings is 3. The fourth-order valence-corrected chi connectivity index (χ4v) is 16.9. The molecule has 122 heavy (non-hydrogen) atoms. The number of hydrogen-bond acceptors (Lipinski definition) is 18. The highest BCUT2D eigenvalue weighted by molar-refractivity contribution is 7.99. The van der Waals surface area contributed by atoms with Crippen LogP contribution in [0.2, 0.25) is 0 Å². The van der Waals surface area contributed by atoms with Crippen molar-refractivity contribution in [3.63, 3.8) is 0 Å². The normalized spacial score (nSPS) is 25.3. The van der Waals surface area contributed by atoms with Crippen LogP contribution in [0.3, 0.4) is 0 Å². The lowest BCUT2D eigenvalue weighted by molar-refractivity contribution is -0.149. The first-order valence-corrected chi connectivity index (χ1v) is 43.9. The Morgan fingerprint density at radius 1 is 0.525 bits per heavy atom. The Bertz CT molecular complexity index is 4570. The minimum absolute atomic E-state index is 0.00720. The van der Waals surface area contributed by atoms with Crippen molar-refractivity contribution in [1.29, 1.82) is 0 Å². The van der Waals surface area contributed by atoms with Crippen LogP contribution < -0.4 is 59.3 Å². The minimum atomic E-state index is -1.65. The predicted molar refractivity (Wildman–Crippen MR) is 460 cm³/mol. The van der Waals surface area contributed by atoms with Gasteiger partial charge >= 0.3 is 0 Å². The van der Waals surface area contributed by atoms with E-state index in [-0.39, 0.29) is 132 Å². The van der Waals surface area contributed by atoms with Crippen molar-refractivity contribution >= 4 is 122 Å². The largest absolute Gasteiger partial charge is 0.508 e. The van der Waals surface area contributed by atoms with Gasteiger partial charge in [0.25, 0.3) is 0 Å². The molecule has 1 aliphatic carbocycles. The number of likely N-dealkylation sites (N-methyl/N-ethyl adjacent to an activating group) is 3. The third-order valence-corrected chi connectivity index (χ3v) is 24.4. The van der Waals surface area contributed by atoms with Crippen molar-refractivity contribution in [3.8, 4) is 5.75 Å². The second kappa shape index (κ2) is 44.1. The van der Waals surface area contributed by atoms with Crippen LogP contribution in [0.5, 0.6) is 5.75 Å². The van der Waals surface area contributed by atoms with Crippen molar-refractivity contribution in [3.05, 3.63) is 102 Å². The third kappa shape index (κ3) is 24.8. The van der Waals surface area contributed by atoms with Gasteiger partial charge < -0.3 is 98.9 Å². The number of unbranched alkanes of at least 4 members (excludes halogenated alkanes) is 2. The van der Waals surface area contributed by atoms with Gasteiger partial charge in [0.1, 0.15) is 83.8 Å². The van der Waals surface area contributed by atoms with Crippen LogP contribution in [-0.2, 0) is 91.2 Å². The van der Waals surface area contributed by atoms with E-state index < -0.39 is 173 Å². The zero-order valence-electron chi connectivity index (χ0n) is 71.7. The van der Waals surface area contributed by atoms with Gasteiger partial charge in [-0.3, -0.25) is 71.9 Å². The number of fused-ring (bicyclic) bond motifs is 4. The molecule has 15 amide bonds. The van der Waals surface area contributed by atoms with E-state index in [1.54, 1.807) is 24.5 Å². The molecule has 3 aliphatic heterocycles. The number of aromatic hydroxyl groups is 1. The standard InChI is InChI=1S/C87H124N18O16S/c1-11-13-25-68-78(113)95-62(41-50(3)4)75(110)90-37-40-122-49-73(108)93-65(43-53-29-31-56(106)32-30-53)81(116)101(8)52(7)74(109)97-67(46-72(89)107)84(119)105-39-20-28-70(105)80(115)100-87(34-35-87)86(121)99-64(42-51(5)6)83(118)104-38-19-27-69(104)79(114)96-63(44-54-47-91-59-23-17-15-21-57(54)59)77(112)94-61(33-36-88)76(111)98-66(45-55-48-92-60-24-18-16-22-58(55)60)82(117)103(10)71(26-14-12-2)85(120)102(68)9/h15-18,21-24,29-32,47-48,50-52,61-71,91-92,106H,11-14,19-20,25-28,33-46,49,88H2,1-10H3,(H2,89,107)(H,90,110)(H,93,108)(H,94,112)(H,95,113)(H,96,114)(H,97,109)(H,98,111)(H,99,121)(H,100,115)/t52-,61-,62-,63-,64-,65-,66-,67-,68-,69-,70-,71-/m0/s1. The van der Waals surface area contributed by atoms with Crippen molar-refractivity contribution in [2.24, 2.45) is 23.3 Å². The average Bonchev–Trinajstić information content (AvgIpc) is 1.61. The molecule has 0 radical (unpaired) electrons. The molecule has 5 heterocycles. The van der Waals surface area contributed by atoms with Crippen molar-refractivity contribution < 1.29 is 77.0 Å². The van der Waals surface area contributed by atoms with Crippen LogP contribution in [0.15, 0.2) is 85.2 Å². The Morgan fingerprint density at radius 2 is 1.02 bits per heavy atom. The van der Waals surface area contributed by atoms with Crippen LogP contribution in [0, 0.1) is 11.8 Å². The first kappa shape index (κ1) is 94.7. The molecule has 1 spiro atoms. The fourth-order valence-electron chi connectivity index (χ4n) is 16.2. The Morgan fingerprint density at radius 3 is 1.60 bits per heavy atom. The summed E-state index contributed by atoms with van der Waals surface area (Å²) in [7, 11) is 4.25. The maximum atomic E-state index is 15.7. The monoisotopic (exact) mass is 1710 g/mol. The van der Waals surface area contributed by atoms with E-state index >= 15 is 28.8 Å². The average molecular weight is 1710 g/mol. The van der Waals surface area contributed by atoms with E-state index in [1.165, 1.54) is 59.8 Å². The number of phenolic OH excluding ortho intramolecular Hbond substituents is 1. The fraction of sp³-hybridized carbons (Fsp3) is 0.575. The molecule has 4 fully saturated rings. The summed E-state index contributed by atoms with van der Waals surface area (Å²) in [4.78, 5) is 234. The van der Waals surface area contributed by atoms with Crippen LogP contribution in [0.25, 0.3) is 21.8 Å². The van der Waals surface area contributed by atoms with Gasteiger partial charge in [0, 0.05) is 100.0 Å². The lowest BCUT2D eigenvalue weighted by Crippen LogP contribution is -2.61. The molecule has 2 aromatic heterocycles. The number of phenols is 1. The van der Waals surface area contributed by atoms with Gasteiger partial charge in [-0.05, 0) is 137 Å². The van der Waals surface area contributed by atoms with E-state index in [4.69, 9.17) is 11.5 Å². The molecular formula is C87H124N18O16S. The van der Waals surface area contributed by atoms with Gasteiger partial charge in [0.15, 0.2) is 0 Å². The third-order valence-electron chi connectivity index (χ3n) is 23.4.